The minimum Gasteiger partial charge on any atom is -0.310 e. The number of benzene rings is 10. The SMILES string of the molecule is CC1(c2ccccc2)c2cccc3c2B2c4c(cccc4N(c4c(-c5ccccc5)cccc4-c4ccc(C(F)(F)F)cc4)c4cccc1c42)N3c1c(-c2ccccc2)cccc1-c1ccc(C(F)(F)F)cc1. The monoisotopic (exact) mass is 962 g/mol. The lowest BCUT2D eigenvalue weighted by Gasteiger charge is -2.51. The van der Waals surface area contributed by atoms with Crippen molar-refractivity contribution in [1.82, 2.24) is 0 Å². The zero-order chi connectivity index (χ0) is 49.8. The summed E-state index contributed by atoms with van der Waals surface area (Å²) in [5, 5.41) is 0. The Kier molecular flexibility index (Phi) is 10.0. The van der Waals surface area contributed by atoms with Crippen LogP contribution in [0, 0.1) is 0 Å². The van der Waals surface area contributed by atoms with Gasteiger partial charge in [-0.2, -0.15) is 26.3 Å². The molecule has 13 rings (SSSR count). The van der Waals surface area contributed by atoms with Gasteiger partial charge in [0.1, 0.15) is 0 Å². The van der Waals surface area contributed by atoms with Crippen LogP contribution in [0.25, 0.3) is 44.5 Å². The molecule has 0 bridgehead atoms. The van der Waals surface area contributed by atoms with E-state index >= 15 is 0 Å². The first-order chi connectivity index (χ1) is 35.4. The predicted molar refractivity (Wildman–Crippen MR) is 284 cm³/mol. The maximum absolute atomic E-state index is 14.2. The van der Waals surface area contributed by atoms with Gasteiger partial charge in [0.15, 0.2) is 0 Å². The molecular weight excluding hydrogens is 922 g/mol. The van der Waals surface area contributed by atoms with Crippen LogP contribution in [-0.4, -0.2) is 6.71 Å². The number of para-hydroxylation sites is 2. The van der Waals surface area contributed by atoms with Crippen molar-refractivity contribution in [3.63, 3.8) is 0 Å². The van der Waals surface area contributed by atoms with Gasteiger partial charge in [0.25, 0.3) is 6.71 Å². The van der Waals surface area contributed by atoms with Gasteiger partial charge < -0.3 is 9.80 Å². The van der Waals surface area contributed by atoms with Gasteiger partial charge in [0, 0.05) is 50.4 Å². The molecule has 0 fully saturated rings. The van der Waals surface area contributed by atoms with Crippen LogP contribution < -0.4 is 26.2 Å². The number of hydrogen-bond donors (Lipinski definition) is 0. The maximum atomic E-state index is 14.2. The molecule has 9 heteroatoms. The molecule has 0 aromatic heterocycles. The number of halogens is 6. The molecule has 0 spiro atoms. The van der Waals surface area contributed by atoms with E-state index in [0.717, 1.165) is 125 Å². The van der Waals surface area contributed by atoms with Crippen molar-refractivity contribution in [2.24, 2.45) is 0 Å². The first kappa shape index (κ1) is 44.4. The van der Waals surface area contributed by atoms with Gasteiger partial charge in [0.05, 0.1) is 22.5 Å². The first-order valence-electron chi connectivity index (χ1n) is 24.2. The summed E-state index contributed by atoms with van der Waals surface area (Å²) in [7, 11) is 0. The molecule has 0 radical (unpaired) electrons. The molecule has 0 aliphatic carbocycles. The summed E-state index contributed by atoms with van der Waals surface area (Å²) in [4.78, 5) is 4.65. The Morgan fingerprint density at radius 3 is 1.01 bits per heavy atom. The summed E-state index contributed by atoms with van der Waals surface area (Å²) in [5.74, 6) is 0. The van der Waals surface area contributed by atoms with Crippen LogP contribution in [0.15, 0.2) is 231 Å². The predicted octanol–water partition coefficient (Wildman–Crippen LogP) is 16.1. The van der Waals surface area contributed by atoms with E-state index in [2.05, 4.69) is 132 Å². The fraction of sp³-hybridized carbons (Fsp3) is 0.0625. The van der Waals surface area contributed by atoms with Crippen LogP contribution in [0.3, 0.4) is 0 Å². The second-order valence-electron chi connectivity index (χ2n) is 19.1. The van der Waals surface area contributed by atoms with E-state index in [-0.39, 0.29) is 6.71 Å². The Morgan fingerprint density at radius 2 is 0.644 bits per heavy atom. The average Bonchev–Trinajstić information content (AvgIpc) is 3.42. The highest BCUT2D eigenvalue weighted by molar-refractivity contribution is 7.01. The van der Waals surface area contributed by atoms with E-state index in [0.29, 0.717) is 11.1 Å². The third kappa shape index (κ3) is 6.82. The highest BCUT2D eigenvalue weighted by Gasteiger charge is 2.53. The Bertz CT molecular complexity index is 3560. The van der Waals surface area contributed by atoms with Gasteiger partial charge in [-0.25, -0.2) is 0 Å². The molecular formula is C64H41BF6N2. The molecule has 0 amide bonds. The molecule has 73 heavy (non-hydrogen) atoms. The van der Waals surface area contributed by atoms with Crippen molar-refractivity contribution < 1.29 is 26.3 Å². The molecule has 0 saturated carbocycles. The molecule has 3 aliphatic rings. The molecule has 0 unspecified atom stereocenters. The Balaban J connectivity index is 1.17. The summed E-state index contributed by atoms with van der Waals surface area (Å²) in [6.07, 6.45) is -9.03. The summed E-state index contributed by atoms with van der Waals surface area (Å²) < 4.78 is 84.9. The largest absolute Gasteiger partial charge is 0.416 e. The van der Waals surface area contributed by atoms with Crippen LogP contribution in [0.2, 0.25) is 0 Å². The minimum atomic E-state index is -4.51. The summed E-state index contributed by atoms with van der Waals surface area (Å²) in [6, 6.07) is 73.0. The van der Waals surface area contributed by atoms with Crippen molar-refractivity contribution in [2.75, 3.05) is 9.80 Å². The molecule has 0 saturated heterocycles. The average molecular weight is 963 g/mol. The van der Waals surface area contributed by atoms with Gasteiger partial charge >= 0.3 is 12.4 Å². The van der Waals surface area contributed by atoms with E-state index in [1.807, 2.05) is 66.7 Å². The van der Waals surface area contributed by atoms with Crippen LogP contribution in [-0.2, 0) is 17.8 Å². The lowest BCUT2D eigenvalue weighted by Crippen LogP contribution is -2.67. The standard InChI is InChI=1S/C64H41BF6N2/c1-62(44-20-9-4-10-21-44)51-26-13-28-53-57(51)65-58-52(62)27-14-29-54(58)73(61-48(41-18-7-3-8-19-41)23-12-25-50(61)43-34-38-46(39-35-43)64(69,70)71)56-31-15-30-55(59(56)65)72(53)60-47(40-16-5-2-6-17-40)22-11-24-49(60)42-32-36-45(37-33-42)63(66,67)68/h2-39H,1H3. The molecule has 10 aromatic carbocycles. The van der Waals surface area contributed by atoms with Crippen LogP contribution in [0.1, 0.15) is 34.7 Å². The fourth-order valence-electron chi connectivity index (χ4n) is 12.0. The third-order valence-corrected chi connectivity index (χ3v) is 15.2. The van der Waals surface area contributed by atoms with E-state index in [4.69, 9.17) is 0 Å². The van der Waals surface area contributed by atoms with Crippen LogP contribution in [0.5, 0.6) is 0 Å². The van der Waals surface area contributed by atoms with E-state index in [9.17, 15) is 26.3 Å². The number of hydrogen-bond acceptors (Lipinski definition) is 2. The fourth-order valence-corrected chi connectivity index (χ4v) is 12.0. The highest BCUT2D eigenvalue weighted by Crippen LogP contribution is 2.55. The second kappa shape index (κ2) is 16.5. The zero-order valence-electron chi connectivity index (χ0n) is 39.2. The Labute approximate surface area is 419 Å². The van der Waals surface area contributed by atoms with Gasteiger partial charge in [-0.15, -0.1) is 0 Å². The highest BCUT2D eigenvalue weighted by atomic mass is 19.4. The van der Waals surface area contributed by atoms with E-state index in [1.165, 1.54) is 0 Å². The number of alkyl halides is 6. The van der Waals surface area contributed by atoms with Crippen molar-refractivity contribution in [1.29, 1.82) is 0 Å². The summed E-state index contributed by atoms with van der Waals surface area (Å²) in [6.45, 7) is 2.02. The number of nitrogens with zero attached hydrogens (tertiary/aromatic N) is 2. The normalized spacial score (nSPS) is 14.0. The Hall–Kier alpha value is -8.56. The summed E-state index contributed by atoms with van der Waals surface area (Å²) in [5.41, 5.74) is 16.2. The summed E-state index contributed by atoms with van der Waals surface area (Å²) >= 11 is 0. The lowest BCUT2D eigenvalue weighted by molar-refractivity contribution is -0.138. The molecule has 3 aliphatic heterocycles. The van der Waals surface area contributed by atoms with Gasteiger partial charge in [-0.1, -0.05) is 182 Å². The zero-order valence-corrected chi connectivity index (χ0v) is 39.2. The van der Waals surface area contributed by atoms with Gasteiger partial charge in [-0.3, -0.25) is 0 Å². The van der Waals surface area contributed by atoms with Crippen molar-refractivity contribution in [3.8, 4) is 44.5 Å². The van der Waals surface area contributed by atoms with Gasteiger partial charge in [0.2, 0.25) is 0 Å². The van der Waals surface area contributed by atoms with Crippen LogP contribution in [0.4, 0.5) is 60.5 Å². The first-order valence-corrected chi connectivity index (χ1v) is 24.2. The molecule has 2 nitrogen and oxygen atoms in total. The lowest BCUT2D eigenvalue weighted by atomic mass is 9.28. The quantitative estimate of drug-likeness (QED) is 0.116. The van der Waals surface area contributed by atoms with E-state index < -0.39 is 28.9 Å². The molecule has 352 valence electrons. The third-order valence-electron chi connectivity index (χ3n) is 15.2. The molecule has 10 aromatic rings. The van der Waals surface area contributed by atoms with Crippen molar-refractivity contribution in [3.05, 3.63) is 258 Å². The van der Waals surface area contributed by atoms with Gasteiger partial charge in [-0.05, 0) is 111 Å². The number of rotatable bonds is 7. The molecule has 0 N–H and O–H groups in total. The van der Waals surface area contributed by atoms with E-state index in [1.54, 1.807) is 24.3 Å². The molecule has 3 heterocycles. The molecule has 0 atom stereocenters. The smallest absolute Gasteiger partial charge is 0.310 e. The topological polar surface area (TPSA) is 6.48 Å². The Morgan fingerprint density at radius 1 is 0.329 bits per heavy atom. The van der Waals surface area contributed by atoms with Crippen molar-refractivity contribution in [2.45, 2.75) is 24.7 Å². The maximum Gasteiger partial charge on any atom is 0.416 e. The number of anilines is 6. The second-order valence-corrected chi connectivity index (χ2v) is 19.1. The van der Waals surface area contributed by atoms with Crippen molar-refractivity contribution >= 4 is 57.2 Å². The minimum absolute atomic E-state index is 0.273. The van der Waals surface area contributed by atoms with Crippen LogP contribution >= 0.6 is 0 Å².